The third-order valence-corrected chi connectivity index (χ3v) is 4.71. The Morgan fingerprint density at radius 1 is 1.26 bits per heavy atom. The normalized spacial score (nSPS) is 11.7. The lowest BCUT2D eigenvalue weighted by Crippen LogP contribution is -1.96. The molecule has 3 aromatic rings. The summed E-state index contributed by atoms with van der Waals surface area (Å²) in [5, 5.41) is 19.3. The van der Waals surface area contributed by atoms with Crippen molar-refractivity contribution in [3.63, 3.8) is 0 Å². The molecule has 23 heavy (non-hydrogen) atoms. The first-order valence-electron chi connectivity index (χ1n) is 6.73. The Labute approximate surface area is 150 Å². The van der Waals surface area contributed by atoms with Crippen molar-refractivity contribution >= 4 is 54.5 Å². The first-order valence-corrected chi connectivity index (χ1v) is 8.31. The third kappa shape index (κ3) is 2.90. The van der Waals surface area contributed by atoms with Crippen LogP contribution in [0.4, 0.5) is 0 Å². The molecule has 1 N–H and O–H groups in total. The smallest absolute Gasteiger partial charge is 0.151 e. The van der Waals surface area contributed by atoms with Crippen molar-refractivity contribution in [2.45, 2.75) is 0 Å². The van der Waals surface area contributed by atoms with Gasteiger partial charge >= 0.3 is 0 Å². The quantitative estimate of drug-likeness (QED) is 0.587. The number of nitriles is 1. The fraction of sp³-hybridized carbons (Fsp3) is 0.0588. The van der Waals surface area contributed by atoms with Gasteiger partial charge in [0, 0.05) is 7.05 Å². The summed E-state index contributed by atoms with van der Waals surface area (Å²) in [5.41, 5.74) is 3.05. The van der Waals surface area contributed by atoms with E-state index < -0.39 is 0 Å². The van der Waals surface area contributed by atoms with Crippen LogP contribution in [-0.2, 0) is 7.05 Å². The Balaban J connectivity index is 2.15. The number of aryl methyl sites for hydroxylation is 1. The zero-order valence-electron chi connectivity index (χ0n) is 12.1. The molecule has 4 nitrogen and oxygen atoms in total. The molecule has 0 radical (unpaired) electrons. The first-order chi connectivity index (χ1) is 11.0. The van der Waals surface area contributed by atoms with Gasteiger partial charge in [-0.15, -0.1) is 0 Å². The molecule has 0 aliphatic carbocycles. The number of nitrogens with zero attached hydrogens (tertiary/aromatic N) is 3. The lowest BCUT2D eigenvalue weighted by atomic mass is 10.1. The number of aromatic nitrogens is 2. The molecule has 0 saturated carbocycles. The van der Waals surface area contributed by atoms with Crippen LogP contribution in [0.5, 0.6) is 5.75 Å². The number of phenolic OH excluding ortho intramolecular Hbond substituents is 1. The van der Waals surface area contributed by atoms with E-state index in [1.54, 1.807) is 18.2 Å². The van der Waals surface area contributed by atoms with E-state index >= 15 is 0 Å². The number of hydrogen-bond donors (Lipinski definition) is 1. The van der Waals surface area contributed by atoms with Gasteiger partial charge in [0.05, 0.1) is 25.6 Å². The number of para-hydroxylation sites is 2. The summed E-state index contributed by atoms with van der Waals surface area (Å²) in [6.07, 6.45) is 1.75. The van der Waals surface area contributed by atoms with Gasteiger partial charge in [-0.05, 0) is 67.8 Å². The Hall–Kier alpha value is -2.10. The summed E-state index contributed by atoms with van der Waals surface area (Å²) >= 11 is 6.59. The number of benzene rings is 2. The lowest BCUT2D eigenvalue weighted by Gasteiger charge is -2.04. The SMILES string of the molecule is Cn1c(/C(C#N)=C/c2cc(Br)c(O)c(Br)c2)nc2ccccc21. The van der Waals surface area contributed by atoms with Crippen LogP contribution in [0.3, 0.4) is 0 Å². The van der Waals surface area contributed by atoms with Crippen molar-refractivity contribution in [2.75, 3.05) is 0 Å². The highest BCUT2D eigenvalue weighted by atomic mass is 79.9. The molecule has 0 fully saturated rings. The summed E-state index contributed by atoms with van der Waals surface area (Å²) in [4.78, 5) is 4.54. The van der Waals surface area contributed by atoms with Crippen LogP contribution >= 0.6 is 31.9 Å². The molecular weight excluding hydrogens is 422 g/mol. The Morgan fingerprint density at radius 3 is 2.52 bits per heavy atom. The molecule has 1 aromatic heterocycles. The average molecular weight is 433 g/mol. The molecule has 3 rings (SSSR count). The fourth-order valence-corrected chi connectivity index (χ4v) is 3.59. The van der Waals surface area contributed by atoms with E-state index in [1.165, 1.54) is 0 Å². The Kier molecular flexibility index (Phi) is 4.24. The molecule has 114 valence electrons. The van der Waals surface area contributed by atoms with Crippen molar-refractivity contribution in [3.05, 3.63) is 56.7 Å². The van der Waals surface area contributed by atoms with Crippen molar-refractivity contribution < 1.29 is 5.11 Å². The second kappa shape index (κ2) is 6.19. The topological polar surface area (TPSA) is 61.8 Å². The minimum Gasteiger partial charge on any atom is -0.506 e. The van der Waals surface area contributed by atoms with E-state index in [0.717, 1.165) is 16.6 Å². The predicted molar refractivity (Wildman–Crippen MR) is 97.7 cm³/mol. The zero-order chi connectivity index (χ0) is 16.6. The van der Waals surface area contributed by atoms with E-state index in [1.807, 2.05) is 35.9 Å². The van der Waals surface area contributed by atoms with E-state index in [9.17, 15) is 10.4 Å². The molecule has 0 unspecified atom stereocenters. The number of imidazole rings is 1. The predicted octanol–water partition coefficient (Wildman–Crippen LogP) is 4.87. The molecule has 0 spiro atoms. The number of halogens is 2. The molecule has 0 bridgehead atoms. The number of hydrogen-bond acceptors (Lipinski definition) is 3. The van der Waals surface area contributed by atoms with Crippen molar-refractivity contribution in [3.8, 4) is 11.8 Å². The van der Waals surface area contributed by atoms with Crippen molar-refractivity contribution in [2.24, 2.45) is 7.05 Å². The molecular formula is C17H11Br2N3O. The largest absolute Gasteiger partial charge is 0.506 e. The molecule has 0 amide bonds. The highest BCUT2D eigenvalue weighted by Crippen LogP contribution is 2.34. The Morgan fingerprint density at radius 2 is 1.91 bits per heavy atom. The maximum Gasteiger partial charge on any atom is 0.151 e. The van der Waals surface area contributed by atoms with Crippen LogP contribution in [0.2, 0.25) is 0 Å². The summed E-state index contributed by atoms with van der Waals surface area (Å²) in [6.45, 7) is 0. The van der Waals surface area contributed by atoms with Gasteiger partial charge in [0.15, 0.2) is 5.82 Å². The highest BCUT2D eigenvalue weighted by molar-refractivity contribution is 9.11. The molecule has 6 heteroatoms. The summed E-state index contributed by atoms with van der Waals surface area (Å²) in [6, 6.07) is 13.5. The number of allylic oxidation sites excluding steroid dienone is 1. The van der Waals surface area contributed by atoms with Gasteiger partial charge in [0.2, 0.25) is 0 Å². The maximum absolute atomic E-state index is 9.78. The average Bonchev–Trinajstić information content (AvgIpc) is 2.87. The van der Waals surface area contributed by atoms with Gasteiger partial charge in [0.1, 0.15) is 11.8 Å². The van der Waals surface area contributed by atoms with Gasteiger partial charge in [-0.25, -0.2) is 4.98 Å². The van der Waals surface area contributed by atoms with Gasteiger partial charge in [-0.2, -0.15) is 5.26 Å². The molecule has 0 aliphatic rings. The second-order valence-corrected chi connectivity index (χ2v) is 6.69. The maximum atomic E-state index is 9.78. The standard InChI is InChI=1S/C17H11Br2N3O/c1-22-15-5-3-2-4-14(15)21-17(22)11(9-20)6-10-7-12(18)16(23)13(19)8-10/h2-8,23H,1H3/b11-6+. The van der Waals surface area contributed by atoms with E-state index in [2.05, 4.69) is 42.9 Å². The third-order valence-electron chi connectivity index (χ3n) is 3.50. The van der Waals surface area contributed by atoms with E-state index in [-0.39, 0.29) is 5.75 Å². The minimum atomic E-state index is 0.128. The van der Waals surface area contributed by atoms with Crippen LogP contribution in [0.25, 0.3) is 22.7 Å². The van der Waals surface area contributed by atoms with E-state index in [4.69, 9.17) is 0 Å². The summed E-state index contributed by atoms with van der Waals surface area (Å²) in [5.74, 6) is 0.734. The first kappa shape index (κ1) is 15.8. The second-order valence-electron chi connectivity index (χ2n) is 4.99. The lowest BCUT2D eigenvalue weighted by molar-refractivity contribution is 0.468. The highest BCUT2D eigenvalue weighted by Gasteiger charge is 2.12. The number of rotatable bonds is 2. The minimum absolute atomic E-state index is 0.128. The number of phenols is 1. The van der Waals surface area contributed by atoms with Crippen LogP contribution < -0.4 is 0 Å². The molecule has 2 aromatic carbocycles. The Bertz CT molecular complexity index is 960. The molecule has 1 heterocycles. The summed E-state index contributed by atoms with van der Waals surface area (Å²) in [7, 11) is 1.89. The fourth-order valence-electron chi connectivity index (χ4n) is 2.37. The van der Waals surface area contributed by atoms with Crippen LogP contribution in [0.1, 0.15) is 11.4 Å². The molecule has 0 atom stereocenters. The van der Waals surface area contributed by atoms with Crippen molar-refractivity contribution in [1.82, 2.24) is 9.55 Å². The van der Waals surface area contributed by atoms with Crippen LogP contribution in [0, 0.1) is 11.3 Å². The number of fused-ring (bicyclic) bond motifs is 1. The molecule has 0 saturated heterocycles. The summed E-state index contributed by atoms with van der Waals surface area (Å²) < 4.78 is 3.01. The van der Waals surface area contributed by atoms with Crippen LogP contribution in [0.15, 0.2) is 45.3 Å². The number of aromatic hydroxyl groups is 1. The van der Waals surface area contributed by atoms with Gasteiger partial charge in [0.25, 0.3) is 0 Å². The van der Waals surface area contributed by atoms with Gasteiger partial charge in [-0.1, -0.05) is 12.1 Å². The van der Waals surface area contributed by atoms with Gasteiger partial charge in [-0.3, -0.25) is 0 Å². The van der Waals surface area contributed by atoms with Crippen molar-refractivity contribution in [1.29, 1.82) is 5.26 Å². The van der Waals surface area contributed by atoms with Crippen LogP contribution in [-0.4, -0.2) is 14.7 Å². The monoisotopic (exact) mass is 431 g/mol. The zero-order valence-corrected chi connectivity index (χ0v) is 15.3. The van der Waals surface area contributed by atoms with Gasteiger partial charge < -0.3 is 9.67 Å². The van der Waals surface area contributed by atoms with E-state index in [0.29, 0.717) is 20.3 Å². The molecule has 0 aliphatic heterocycles.